The summed E-state index contributed by atoms with van der Waals surface area (Å²) >= 11 is 0. The molecule has 3 rings (SSSR count). The number of sulfonamides is 1. The lowest BCUT2D eigenvalue weighted by atomic mass is 9.95. The van der Waals surface area contributed by atoms with Crippen molar-refractivity contribution in [3.8, 4) is 0 Å². The van der Waals surface area contributed by atoms with E-state index in [0.717, 1.165) is 49.5 Å². The van der Waals surface area contributed by atoms with Gasteiger partial charge >= 0.3 is 0 Å². The van der Waals surface area contributed by atoms with Crippen molar-refractivity contribution in [2.75, 3.05) is 26.2 Å². The van der Waals surface area contributed by atoms with Crippen molar-refractivity contribution in [1.82, 2.24) is 14.9 Å². The van der Waals surface area contributed by atoms with Crippen LogP contribution in [0.25, 0.3) is 0 Å². The first-order valence-electron chi connectivity index (χ1n) is 10.7. The second-order valence-electron chi connectivity index (χ2n) is 8.05. The molecule has 0 spiro atoms. The van der Waals surface area contributed by atoms with Gasteiger partial charge in [0.15, 0.2) is 0 Å². The lowest BCUT2D eigenvalue weighted by Gasteiger charge is -2.37. The predicted molar refractivity (Wildman–Crippen MR) is 118 cm³/mol. The molecule has 1 aliphatic heterocycles. The highest BCUT2D eigenvalue weighted by Gasteiger charge is 2.25. The van der Waals surface area contributed by atoms with Crippen LogP contribution in [-0.4, -0.2) is 45.4 Å². The van der Waals surface area contributed by atoms with E-state index in [-0.39, 0.29) is 29.8 Å². The van der Waals surface area contributed by atoms with Gasteiger partial charge in [0.05, 0.1) is 10.9 Å². The zero-order chi connectivity index (χ0) is 22.3. The molecule has 1 amide bonds. The number of halogens is 1. The van der Waals surface area contributed by atoms with Crippen LogP contribution >= 0.6 is 0 Å². The molecule has 1 aliphatic rings. The number of carbonyl (C=O) groups is 1. The molecule has 0 saturated carbocycles. The standard InChI is InChI=1S/C23H30FN3O3S/c1-18-12-15-27(16-13-18)22(19-5-3-2-4-6-19)17-25-23(28)11-14-26-31(29,30)21-9-7-20(24)8-10-21/h2-10,18,22,26H,11-17H2,1H3,(H,25,28). The summed E-state index contributed by atoms with van der Waals surface area (Å²) in [7, 11) is -3.77. The highest BCUT2D eigenvalue weighted by molar-refractivity contribution is 7.89. The molecule has 0 bridgehead atoms. The summed E-state index contributed by atoms with van der Waals surface area (Å²) in [5, 5.41) is 2.96. The number of benzene rings is 2. The molecule has 1 heterocycles. The Morgan fingerprint density at radius 2 is 1.74 bits per heavy atom. The molecule has 2 aromatic carbocycles. The highest BCUT2D eigenvalue weighted by atomic mass is 32.2. The Morgan fingerprint density at radius 1 is 1.10 bits per heavy atom. The van der Waals surface area contributed by atoms with E-state index in [2.05, 4.69) is 34.0 Å². The van der Waals surface area contributed by atoms with Crippen LogP contribution in [0.1, 0.15) is 37.8 Å². The van der Waals surface area contributed by atoms with E-state index in [0.29, 0.717) is 6.54 Å². The smallest absolute Gasteiger partial charge is 0.240 e. The van der Waals surface area contributed by atoms with Crippen LogP contribution in [0.4, 0.5) is 4.39 Å². The van der Waals surface area contributed by atoms with Crippen molar-refractivity contribution in [1.29, 1.82) is 0 Å². The molecule has 31 heavy (non-hydrogen) atoms. The zero-order valence-corrected chi connectivity index (χ0v) is 18.6. The summed E-state index contributed by atoms with van der Waals surface area (Å²) in [6.07, 6.45) is 2.31. The molecule has 6 nitrogen and oxygen atoms in total. The van der Waals surface area contributed by atoms with E-state index in [1.54, 1.807) is 0 Å². The molecule has 0 aliphatic carbocycles. The van der Waals surface area contributed by atoms with E-state index >= 15 is 0 Å². The fourth-order valence-electron chi connectivity index (χ4n) is 3.77. The Morgan fingerprint density at radius 3 is 2.39 bits per heavy atom. The van der Waals surface area contributed by atoms with Crippen LogP contribution in [0.5, 0.6) is 0 Å². The molecular formula is C23H30FN3O3S. The zero-order valence-electron chi connectivity index (χ0n) is 17.8. The number of rotatable bonds is 9. The average Bonchev–Trinajstić information content (AvgIpc) is 2.76. The molecule has 1 unspecified atom stereocenters. The number of likely N-dealkylation sites (tertiary alicyclic amines) is 1. The third-order valence-electron chi connectivity index (χ3n) is 5.70. The number of piperidine rings is 1. The first-order valence-corrected chi connectivity index (χ1v) is 12.1. The van der Waals surface area contributed by atoms with Crippen LogP contribution in [0.3, 0.4) is 0 Å². The van der Waals surface area contributed by atoms with Gasteiger partial charge in [-0.15, -0.1) is 0 Å². The quantitative estimate of drug-likeness (QED) is 0.619. The number of nitrogens with one attached hydrogen (secondary N) is 2. The Labute approximate surface area is 183 Å². The van der Waals surface area contributed by atoms with Crippen molar-refractivity contribution >= 4 is 15.9 Å². The fraction of sp³-hybridized carbons (Fsp3) is 0.435. The van der Waals surface area contributed by atoms with Gasteiger partial charge in [0.25, 0.3) is 0 Å². The van der Waals surface area contributed by atoms with Crippen molar-refractivity contribution < 1.29 is 17.6 Å². The third-order valence-corrected chi connectivity index (χ3v) is 7.18. The number of amides is 1. The van der Waals surface area contributed by atoms with Gasteiger partial charge in [-0.25, -0.2) is 17.5 Å². The number of hydrogen-bond acceptors (Lipinski definition) is 4. The lowest BCUT2D eigenvalue weighted by Crippen LogP contribution is -2.42. The van der Waals surface area contributed by atoms with Gasteiger partial charge in [0.2, 0.25) is 15.9 Å². The van der Waals surface area contributed by atoms with Crippen molar-refractivity contribution in [3.63, 3.8) is 0 Å². The fourth-order valence-corrected chi connectivity index (χ4v) is 4.80. The summed E-state index contributed by atoms with van der Waals surface area (Å²) < 4.78 is 39.9. The van der Waals surface area contributed by atoms with Gasteiger partial charge in [0, 0.05) is 19.5 Å². The first-order chi connectivity index (χ1) is 14.8. The molecule has 8 heteroatoms. The third kappa shape index (κ3) is 6.85. The summed E-state index contributed by atoms with van der Waals surface area (Å²) in [6, 6.07) is 14.8. The van der Waals surface area contributed by atoms with Gasteiger partial charge in [-0.2, -0.15) is 0 Å². The summed E-state index contributed by atoms with van der Waals surface area (Å²) in [6.45, 7) is 4.70. The van der Waals surface area contributed by atoms with Crippen molar-refractivity contribution in [3.05, 3.63) is 66.0 Å². The van der Waals surface area contributed by atoms with E-state index in [1.807, 2.05) is 18.2 Å². The normalized spacial score (nSPS) is 16.7. The van der Waals surface area contributed by atoms with Crippen LogP contribution in [0, 0.1) is 11.7 Å². The second-order valence-corrected chi connectivity index (χ2v) is 9.82. The van der Waals surface area contributed by atoms with Crippen LogP contribution in [-0.2, 0) is 14.8 Å². The highest BCUT2D eigenvalue weighted by Crippen LogP contribution is 2.26. The minimum Gasteiger partial charge on any atom is -0.354 e. The monoisotopic (exact) mass is 447 g/mol. The Hall–Kier alpha value is -2.29. The predicted octanol–water partition coefficient (Wildman–Crippen LogP) is 3.08. The van der Waals surface area contributed by atoms with Crippen LogP contribution < -0.4 is 10.0 Å². The van der Waals surface area contributed by atoms with E-state index in [9.17, 15) is 17.6 Å². The topological polar surface area (TPSA) is 78.5 Å². The summed E-state index contributed by atoms with van der Waals surface area (Å²) in [5.74, 6) is -0.000953. The van der Waals surface area contributed by atoms with Gasteiger partial charge in [-0.05, 0) is 61.7 Å². The first kappa shape index (κ1) is 23.4. The van der Waals surface area contributed by atoms with Crippen molar-refractivity contribution in [2.45, 2.75) is 37.1 Å². The molecule has 2 N–H and O–H groups in total. The second kappa shape index (κ2) is 10.8. The molecule has 168 valence electrons. The van der Waals surface area contributed by atoms with Crippen LogP contribution in [0.15, 0.2) is 59.5 Å². The maximum Gasteiger partial charge on any atom is 0.240 e. The number of hydrogen-bond donors (Lipinski definition) is 2. The molecule has 0 aromatic heterocycles. The van der Waals surface area contributed by atoms with E-state index in [4.69, 9.17) is 0 Å². The molecule has 1 fully saturated rings. The number of carbonyl (C=O) groups excluding carboxylic acids is 1. The van der Waals surface area contributed by atoms with Gasteiger partial charge in [0.1, 0.15) is 5.82 Å². The maximum atomic E-state index is 13.0. The minimum atomic E-state index is -3.77. The average molecular weight is 448 g/mol. The maximum absolute atomic E-state index is 13.0. The lowest BCUT2D eigenvalue weighted by molar-refractivity contribution is -0.121. The van der Waals surface area contributed by atoms with Crippen molar-refractivity contribution in [2.24, 2.45) is 5.92 Å². The molecular weight excluding hydrogens is 417 g/mol. The molecule has 2 aromatic rings. The Balaban J connectivity index is 1.52. The summed E-state index contributed by atoms with van der Waals surface area (Å²) in [5.41, 5.74) is 1.16. The molecule has 0 radical (unpaired) electrons. The Kier molecular flexibility index (Phi) is 8.17. The largest absolute Gasteiger partial charge is 0.354 e. The Bertz CT molecular complexity index is 944. The SMILES string of the molecule is CC1CCN(C(CNC(=O)CCNS(=O)(=O)c2ccc(F)cc2)c2ccccc2)CC1. The summed E-state index contributed by atoms with van der Waals surface area (Å²) in [4.78, 5) is 14.7. The number of nitrogens with zero attached hydrogens (tertiary/aromatic N) is 1. The van der Waals surface area contributed by atoms with Gasteiger partial charge in [-0.3, -0.25) is 9.69 Å². The van der Waals surface area contributed by atoms with Gasteiger partial charge in [-0.1, -0.05) is 37.3 Å². The molecule has 1 atom stereocenters. The van der Waals surface area contributed by atoms with Gasteiger partial charge < -0.3 is 5.32 Å². The molecule has 1 saturated heterocycles. The minimum absolute atomic E-state index is 0.0250. The van der Waals surface area contributed by atoms with Crippen LogP contribution in [0.2, 0.25) is 0 Å². The van der Waals surface area contributed by atoms with E-state index < -0.39 is 15.8 Å². The van der Waals surface area contributed by atoms with E-state index in [1.165, 1.54) is 12.1 Å².